The number of urea groups is 1. The van der Waals surface area contributed by atoms with E-state index in [-0.39, 0.29) is 37.6 Å². The van der Waals surface area contributed by atoms with Gasteiger partial charge >= 0.3 is 12.0 Å². The van der Waals surface area contributed by atoms with Crippen LogP contribution in [0.4, 0.5) is 4.79 Å². The lowest BCUT2D eigenvalue weighted by molar-refractivity contribution is -0.138. The first-order valence-corrected chi connectivity index (χ1v) is 6.95. The minimum absolute atomic E-state index is 0.0887. The van der Waals surface area contributed by atoms with Gasteiger partial charge in [-0.2, -0.15) is 0 Å². The highest BCUT2D eigenvalue weighted by Crippen LogP contribution is 2.18. The fourth-order valence-corrected chi connectivity index (χ4v) is 2.38. The molecule has 0 aromatic rings. The van der Waals surface area contributed by atoms with Crippen LogP contribution in [0.25, 0.3) is 0 Å². The summed E-state index contributed by atoms with van der Waals surface area (Å²) in [6.45, 7) is 0.967. The lowest BCUT2D eigenvalue weighted by atomic mass is 9.97. The predicted molar refractivity (Wildman–Crippen MR) is 74.8 cm³/mol. The number of hydrogen-bond acceptors (Lipinski definition) is 4. The lowest BCUT2D eigenvalue weighted by Gasteiger charge is -2.35. The number of nitrogens with one attached hydrogen (secondary N) is 1. The fraction of sp³-hybridized carbons (Fsp3) is 0.769. The summed E-state index contributed by atoms with van der Waals surface area (Å²) in [5, 5.41) is 11.5. The molecular formula is C13H23N3O5. The zero-order chi connectivity index (χ0) is 15.8. The molecule has 120 valence electrons. The standard InChI is InChI=1S/C13H23N3O5/c1-14-12(19)10-4-3-5-15(8-10)13(20)16(6-7-21-2)9-11(17)18/h10H,3-9H2,1-2H3,(H,14,19)(H,17,18). The third kappa shape index (κ3) is 5.22. The van der Waals surface area contributed by atoms with Crippen LogP contribution in [0.5, 0.6) is 0 Å². The summed E-state index contributed by atoms with van der Waals surface area (Å²) in [6, 6.07) is -0.358. The summed E-state index contributed by atoms with van der Waals surface area (Å²) in [6.07, 6.45) is 1.47. The molecule has 2 N–H and O–H groups in total. The van der Waals surface area contributed by atoms with Crippen molar-refractivity contribution in [1.82, 2.24) is 15.1 Å². The maximum Gasteiger partial charge on any atom is 0.323 e. The number of likely N-dealkylation sites (tertiary alicyclic amines) is 1. The van der Waals surface area contributed by atoms with Crippen molar-refractivity contribution in [3.8, 4) is 0 Å². The molecule has 3 amide bonds. The lowest BCUT2D eigenvalue weighted by Crippen LogP contribution is -2.51. The Bertz CT molecular complexity index is 388. The number of carbonyl (C=O) groups is 3. The Labute approximate surface area is 124 Å². The maximum absolute atomic E-state index is 12.4. The van der Waals surface area contributed by atoms with Gasteiger partial charge in [0, 0.05) is 33.8 Å². The first kappa shape index (κ1) is 17.2. The molecule has 1 heterocycles. The van der Waals surface area contributed by atoms with E-state index in [2.05, 4.69) is 5.32 Å². The van der Waals surface area contributed by atoms with E-state index in [1.165, 1.54) is 12.0 Å². The summed E-state index contributed by atoms with van der Waals surface area (Å²) in [5.74, 6) is -1.39. The molecule has 8 nitrogen and oxygen atoms in total. The summed E-state index contributed by atoms with van der Waals surface area (Å²) in [7, 11) is 3.06. The largest absolute Gasteiger partial charge is 0.480 e. The van der Waals surface area contributed by atoms with Crippen molar-refractivity contribution in [1.29, 1.82) is 0 Å². The van der Waals surface area contributed by atoms with Crippen LogP contribution < -0.4 is 5.32 Å². The summed E-state index contributed by atoms with van der Waals surface area (Å²) in [5.41, 5.74) is 0. The number of amides is 3. The fourth-order valence-electron chi connectivity index (χ4n) is 2.38. The SMILES string of the molecule is CNC(=O)C1CCCN(C(=O)N(CCOC)CC(=O)O)C1. The highest BCUT2D eigenvalue weighted by atomic mass is 16.5. The quantitative estimate of drug-likeness (QED) is 0.695. The van der Waals surface area contributed by atoms with Gasteiger partial charge in [-0.15, -0.1) is 0 Å². The first-order chi connectivity index (χ1) is 9.99. The molecular weight excluding hydrogens is 278 g/mol. The second kappa shape index (κ2) is 8.46. The van der Waals surface area contributed by atoms with Crippen molar-refractivity contribution in [2.24, 2.45) is 5.92 Å². The Morgan fingerprint density at radius 2 is 2.14 bits per heavy atom. The minimum Gasteiger partial charge on any atom is -0.480 e. The smallest absolute Gasteiger partial charge is 0.323 e. The average Bonchev–Trinajstić information content (AvgIpc) is 2.49. The Morgan fingerprint density at radius 1 is 1.43 bits per heavy atom. The van der Waals surface area contributed by atoms with Crippen LogP contribution in [0.2, 0.25) is 0 Å². The van der Waals surface area contributed by atoms with Crippen LogP contribution in [0.1, 0.15) is 12.8 Å². The molecule has 1 rings (SSSR count). The third-order valence-electron chi connectivity index (χ3n) is 3.47. The maximum atomic E-state index is 12.4. The van der Waals surface area contributed by atoms with E-state index < -0.39 is 5.97 Å². The number of hydrogen-bond donors (Lipinski definition) is 2. The van der Waals surface area contributed by atoms with Crippen LogP contribution in [-0.4, -0.2) is 79.8 Å². The number of carboxylic acids is 1. The van der Waals surface area contributed by atoms with Crippen molar-refractivity contribution in [3.05, 3.63) is 0 Å². The van der Waals surface area contributed by atoms with Gasteiger partial charge in [-0.05, 0) is 12.8 Å². The van der Waals surface area contributed by atoms with Gasteiger partial charge in [0.2, 0.25) is 5.91 Å². The summed E-state index contributed by atoms with van der Waals surface area (Å²) < 4.78 is 4.90. The van der Waals surface area contributed by atoms with Crippen LogP contribution in [0.15, 0.2) is 0 Å². The van der Waals surface area contributed by atoms with Crippen molar-refractivity contribution >= 4 is 17.9 Å². The Balaban J connectivity index is 2.68. The highest BCUT2D eigenvalue weighted by molar-refractivity contribution is 5.82. The molecule has 21 heavy (non-hydrogen) atoms. The summed E-state index contributed by atoms with van der Waals surface area (Å²) in [4.78, 5) is 37.7. The number of methoxy groups -OCH3 is 1. The minimum atomic E-state index is -1.07. The first-order valence-electron chi connectivity index (χ1n) is 6.95. The molecule has 1 saturated heterocycles. The van der Waals surface area contributed by atoms with Crippen molar-refractivity contribution in [2.45, 2.75) is 12.8 Å². The number of ether oxygens (including phenoxy) is 1. The molecule has 0 saturated carbocycles. The highest BCUT2D eigenvalue weighted by Gasteiger charge is 2.30. The topological polar surface area (TPSA) is 99.2 Å². The number of carbonyl (C=O) groups excluding carboxylic acids is 2. The molecule has 1 atom stereocenters. The average molecular weight is 301 g/mol. The zero-order valence-electron chi connectivity index (χ0n) is 12.5. The number of carboxylic acid groups (broad SMARTS) is 1. The molecule has 0 spiro atoms. The van der Waals surface area contributed by atoms with Gasteiger partial charge < -0.3 is 25.0 Å². The van der Waals surface area contributed by atoms with Gasteiger partial charge in [0.1, 0.15) is 6.54 Å². The Kier molecular flexibility index (Phi) is 6.93. The van der Waals surface area contributed by atoms with E-state index in [4.69, 9.17) is 9.84 Å². The number of nitrogens with zero attached hydrogens (tertiary/aromatic N) is 2. The van der Waals surface area contributed by atoms with E-state index in [1.54, 1.807) is 11.9 Å². The number of piperidine rings is 1. The van der Waals surface area contributed by atoms with Crippen LogP contribution in [0, 0.1) is 5.92 Å². The van der Waals surface area contributed by atoms with Crippen LogP contribution >= 0.6 is 0 Å². The molecule has 0 bridgehead atoms. The predicted octanol–water partition coefficient (Wildman–Crippen LogP) is -0.403. The normalized spacial score (nSPS) is 18.2. The third-order valence-corrected chi connectivity index (χ3v) is 3.47. The second-order valence-corrected chi connectivity index (χ2v) is 4.99. The van der Waals surface area contributed by atoms with E-state index >= 15 is 0 Å². The molecule has 8 heteroatoms. The van der Waals surface area contributed by atoms with Gasteiger partial charge in [-0.3, -0.25) is 9.59 Å². The van der Waals surface area contributed by atoms with Crippen molar-refractivity contribution in [2.75, 3.05) is 46.9 Å². The Morgan fingerprint density at radius 3 is 2.71 bits per heavy atom. The second-order valence-electron chi connectivity index (χ2n) is 4.99. The van der Waals surface area contributed by atoms with Gasteiger partial charge in [-0.25, -0.2) is 4.79 Å². The van der Waals surface area contributed by atoms with Crippen molar-refractivity contribution < 1.29 is 24.2 Å². The summed E-state index contributed by atoms with van der Waals surface area (Å²) >= 11 is 0. The van der Waals surface area contributed by atoms with E-state index in [1.807, 2.05) is 0 Å². The molecule has 1 fully saturated rings. The van der Waals surface area contributed by atoms with E-state index in [0.29, 0.717) is 13.1 Å². The van der Waals surface area contributed by atoms with E-state index in [9.17, 15) is 14.4 Å². The van der Waals surface area contributed by atoms with Crippen LogP contribution in [0.3, 0.4) is 0 Å². The van der Waals surface area contributed by atoms with Crippen molar-refractivity contribution in [3.63, 3.8) is 0 Å². The van der Waals surface area contributed by atoms with E-state index in [0.717, 1.165) is 12.8 Å². The molecule has 1 aliphatic heterocycles. The van der Waals surface area contributed by atoms with Gasteiger partial charge in [0.15, 0.2) is 0 Å². The molecule has 0 aromatic heterocycles. The number of rotatable bonds is 6. The van der Waals surface area contributed by atoms with Gasteiger partial charge in [0.25, 0.3) is 0 Å². The molecule has 1 aliphatic rings. The number of aliphatic carboxylic acids is 1. The van der Waals surface area contributed by atoms with Gasteiger partial charge in [0.05, 0.1) is 12.5 Å². The zero-order valence-corrected chi connectivity index (χ0v) is 12.5. The molecule has 0 aliphatic carbocycles. The Hall–Kier alpha value is -1.83. The monoisotopic (exact) mass is 301 g/mol. The molecule has 0 radical (unpaired) electrons. The molecule has 0 aromatic carbocycles. The van der Waals surface area contributed by atoms with Gasteiger partial charge in [-0.1, -0.05) is 0 Å². The van der Waals surface area contributed by atoms with Crippen LogP contribution in [-0.2, 0) is 14.3 Å². The molecule has 1 unspecified atom stereocenters.